The molecule has 0 fully saturated rings. The van der Waals surface area contributed by atoms with E-state index in [4.69, 9.17) is 14.2 Å². The number of aryl methyl sites for hydroxylation is 1. The summed E-state index contributed by atoms with van der Waals surface area (Å²) in [6, 6.07) is 10.8. The molecule has 0 saturated carbocycles. The molecule has 0 saturated heterocycles. The fourth-order valence-corrected chi connectivity index (χ4v) is 3.22. The summed E-state index contributed by atoms with van der Waals surface area (Å²) in [7, 11) is 1.80. The van der Waals surface area contributed by atoms with Crippen LogP contribution < -0.4 is 25.0 Å². The van der Waals surface area contributed by atoms with Crippen molar-refractivity contribution in [3.05, 3.63) is 63.9 Å². The van der Waals surface area contributed by atoms with Crippen molar-refractivity contribution in [1.29, 1.82) is 0 Å². The van der Waals surface area contributed by atoms with Crippen LogP contribution in [-0.2, 0) is 13.6 Å². The average molecular weight is 380 g/mol. The standard InChI is InChI=1S/C21H20N2O5/c1-3-26-14-5-6-17-15(9-14)20(24)16(11-23(17)2)21(25)22-10-13-4-7-18-19(8-13)28-12-27-18/h4-9,11H,3,10,12H2,1-2H3,(H,22,25). The Bertz CT molecular complexity index is 1120. The third kappa shape index (κ3) is 3.26. The van der Waals surface area contributed by atoms with E-state index >= 15 is 0 Å². The second kappa shape index (κ2) is 7.26. The molecule has 0 spiro atoms. The molecule has 4 rings (SSSR count). The van der Waals surface area contributed by atoms with E-state index < -0.39 is 5.91 Å². The fraction of sp³-hybridized carbons (Fsp3) is 0.238. The van der Waals surface area contributed by atoms with Crippen LogP contribution >= 0.6 is 0 Å². The molecule has 1 aliphatic rings. The predicted octanol–water partition coefficient (Wildman–Crippen LogP) is 2.60. The largest absolute Gasteiger partial charge is 0.494 e. The van der Waals surface area contributed by atoms with Gasteiger partial charge in [-0.15, -0.1) is 0 Å². The van der Waals surface area contributed by atoms with Crippen molar-refractivity contribution >= 4 is 16.8 Å². The molecule has 0 atom stereocenters. The number of nitrogens with zero attached hydrogens (tertiary/aromatic N) is 1. The Hall–Kier alpha value is -3.48. The summed E-state index contributed by atoms with van der Waals surface area (Å²) in [6.07, 6.45) is 1.56. The Morgan fingerprint density at radius 2 is 2.00 bits per heavy atom. The number of ether oxygens (including phenoxy) is 3. The lowest BCUT2D eigenvalue weighted by atomic mass is 10.1. The Morgan fingerprint density at radius 1 is 1.18 bits per heavy atom. The molecule has 0 bridgehead atoms. The minimum atomic E-state index is -0.429. The van der Waals surface area contributed by atoms with Crippen molar-refractivity contribution in [1.82, 2.24) is 9.88 Å². The highest BCUT2D eigenvalue weighted by molar-refractivity contribution is 5.97. The van der Waals surface area contributed by atoms with E-state index in [1.165, 1.54) is 0 Å². The molecule has 2 aromatic carbocycles. The zero-order valence-corrected chi connectivity index (χ0v) is 15.7. The number of hydrogen-bond donors (Lipinski definition) is 1. The van der Waals surface area contributed by atoms with E-state index in [1.807, 2.05) is 31.2 Å². The number of carbonyl (C=O) groups excluding carboxylic acids is 1. The highest BCUT2D eigenvalue weighted by atomic mass is 16.7. The molecule has 0 radical (unpaired) electrons. The van der Waals surface area contributed by atoms with Gasteiger partial charge in [-0.2, -0.15) is 0 Å². The number of benzene rings is 2. The number of rotatable bonds is 5. The number of fused-ring (bicyclic) bond motifs is 2. The lowest BCUT2D eigenvalue weighted by Gasteiger charge is -2.11. The average Bonchev–Trinajstić information content (AvgIpc) is 3.17. The lowest BCUT2D eigenvalue weighted by molar-refractivity contribution is 0.0949. The van der Waals surface area contributed by atoms with Gasteiger partial charge in [0.05, 0.1) is 17.5 Å². The van der Waals surface area contributed by atoms with Crippen molar-refractivity contribution < 1.29 is 19.0 Å². The van der Waals surface area contributed by atoms with Crippen LogP contribution in [0, 0.1) is 0 Å². The van der Waals surface area contributed by atoms with E-state index in [0.717, 1.165) is 11.1 Å². The minimum Gasteiger partial charge on any atom is -0.494 e. The van der Waals surface area contributed by atoms with Crippen LogP contribution in [0.25, 0.3) is 10.9 Å². The SMILES string of the molecule is CCOc1ccc2c(c1)c(=O)c(C(=O)NCc1ccc3c(c1)OCO3)cn2C. The van der Waals surface area contributed by atoms with Crippen LogP contribution in [0.3, 0.4) is 0 Å². The normalized spacial score (nSPS) is 12.2. The zero-order valence-electron chi connectivity index (χ0n) is 15.7. The van der Waals surface area contributed by atoms with Crippen LogP contribution in [0.4, 0.5) is 0 Å². The van der Waals surface area contributed by atoms with Gasteiger partial charge in [0.25, 0.3) is 5.91 Å². The van der Waals surface area contributed by atoms with Gasteiger partial charge in [-0.05, 0) is 42.8 Å². The lowest BCUT2D eigenvalue weighted by Crippen LogP contribution is -2.29. The molecule has 28 heavy (non-hydrogen) atoms. The minimum absolute atomic E-state index is 0.0874. The molecule has 144 valence electrons. The summed E-state index contributed by atoms with van der Waals surface area (Å²) in [5, 5.41) is 3.25. The van der Waals surface area contributed by atoms with Crippen molar-refractivity contribution in [3.63, 3.8) is 0 Å². The number of aromatic nitrogens is 1. The van der Waals surface area contributed by atoms with E-state index in [-0.39, 0.29) is 24.3 Å². The first-order chi connectivity index (χ1) is 13.6. The second-order valence-electron chi connectivity index (χ2n) is 6.47. The molecular formula is C21H20N2O5. The van der Waals surface area contributed by atoms with Gasteiger partial charge in [0.2, 0.25) is 12.2 Å². The van der Waals surface area contributed by atoms with Gasteiger partial charge < -0.3 is 24.1 Å². The van der Waals surface area contributed by atoms with Crippen molar-refractivity contribution in [3.8, 4) is 17.2 Å². The van der Waals surface area contributed by atoms with Crippen molar-refractivity contribution in [2.24, 2.45) is 7.05 Å². The molecule has 2 heterocycles. The first-order valence-corrected chi connectivity index (χ1v) is 8.99. The first kappa shape index (κ1) is 17.9. The van der Waals surface area contributed by atoms with Gasteiger partial charge >= 0.3 is 0 Å². The molecular weight excluding hydrogens is 360 g/mol. The van der Waals surface area contributed by atoms with Gasteiger partial charge in [-0.1, -0.05) is 6.07 Å². The van der Waals surface area contributed by atoms with Crippen LogP contribution in [0.2, 0.25) is 0 Å². The van der Waals surface area contributed by atoms with E-state index in [2.05, 4.69) is 5.32 Å². The number of amides is 1. The topological polar surface area (TPSA) is 78.8 Å². The second-order valence-corrected chi connectivity index (χ2v) is 6.47. The quantitative estimate of drug-likeness (QED) is 0.736. The molecule has 7 nitrogen and oxygen atoms in total. The third-order valence-corrected chi connectivity index (χ3v) is 4.61. The Morgan fingerprint density at radius 3 is 2.82 bits per heavy atom. The molecule has 1 N–H and O–H groups in total. The first-order valence-electron chi connectivity index (χ1n) is 8.99. The van der Waals surface area contributed by atoms with E-state index in [1.54, 1.807) is 29.9 Å². The Balaban J connectivity index is 1.60. The van der Waals surface area contributed by atoms with Gasteiger partial charge in [-0.3, -0.25) is 9.59 Å². The van der Waals surface area contributed by atoms with Gasteiger partial charge in [0.15, 0.2) is 11.5 Å². The van der Waals surface area contributed by atoms with E-state index in [0.29, 0.717) is 29.2 Å². The van der Waals surface area contributed by atoms with Crippen LogP contribution in [-0.4, -0.2) is 23.9 Å². The van der Waals surface area contributed by atoms with Gasteiger partial charge in [0, 0.05) is 19.8 Å². The molecule has 0 unspecified atom stereocenters. The van der Waals surface area contributed by atoms with Crippen molar-refractivity contribution in [2.45, 2.75) is 13.5 Å². The van der Waals surface area contributed by atoms with Gasteiger partial charge in [-0.25, -0.2) is 0 Å². The molecule has 0 aliphatic carbocycles. The fourth-order valence-electron chi connectivity index (χ4n) is 3.22. The smallest absolute Gasteiger partial charge is 0.257 e. The summed E-state index contributed by atoms with van der Waals surface area (Å²) >= 11 is 0. The Labute approximate surface area is 161 Å². The summed E-state index contributed by atoms with van der Waals surface area (Å²) in [5.74, 6) is 1.51. The molecule has 7 heteroatoms. The summed E-state index contributed by atoms with van der Waals surface area (Å²) in [6.45, 7) is 2.85. The summed E-state index contributed by atoms with van der Waals surface area (Å²) < 4.78 is 17.9. The molecule has 1 amide bonds. The van der Waals surface area contributed by atoms with Crippen LogP contribution in [0.1, 0.15) is 22.8 Å². The predicted molar refractivity (Wildman–Crippen MR) is 104 cm³/mol. The summed E-state index contributed by atoms with van der Waals surface area (Å²) in [5.41, 5.74) is 1.36. The maximum absolute atomic E-state index is 12.9. The van der Waals surface area contributed by atoms with Crippen LogP contribution in [0.5, 0.6) is 17.2 Å². The maximum atomic E-state index is 12.9. The number of pyridine rings is 1. The highest BCUT2D eigenvalue weighted by Crippen LogP contribution is 2.32. The number of nitrogens with one attached hydrogen (secondary N) is 1. The molecule has 1 aromatic heterocycles. The van der Waals surface area contributed by atoms with Crippen LogP contribution in [0.15, 0.2) is 47.4 Å². The number of hydrogen-bond acceptors (Lipinski definition) is 5. The van der Waals surface area contributed by atoms with Crippen molar-refractivity contribution in [2.75, 3.05) is 13.4 Å². The Kier molecular flexibility index (Phi) is 4.65. The maximum Gasteiger partial charge on any atom is 0.257 e. The van der Waals surface area contributed by atoms with Gasteiger partial charge in [0.1, 0.15) is 11.3 Å². The van der Waals surface area contributed by atoms with E-state index in [9.17, 15) is 9.59 Å². The number of carbonyl (C=O) groups is 1. The monoisotopic (exact) mass is 380 g/mol. The summed E-state index contributed by atoms with van der Waals surface area (Å²) in [4.78, 5) is 25.5. The molecule has 1 aliphatic heterocycles. The highest BCUT2D eigenvalue weighted by Gasteiger charge is 2.17. The molecule has 3 aromatic rings. The zero-order chi connectivity index (χ0) is 19.7. The third-order valence-electron chi connectivity index (χ3n) is 4.61.